The van der Waals surface area contributed by atoms with Gasteiger partial charge in [0.05, 0.1) is 16.1 Å². The molecule has 36 heavy (non-hydrogen) atoms. The number of nitrogens with zero attached hydrogens (tertiary/aromatic N) is 2. The van der Waals surface area contributed by atoms with E-state index in [1.807, 2.05) is 80.6 Å². The number of nitrogens with one attached hydrogen (secondary N) is 1. The Morgan fingerprint density at radius 2 is 1.56 bits per heavy atom. The Balaban J connectivity index is 1.59. The van der Waals surface area contributed by atoms with Crippen molar-refractivity contribution in [2.75, 3.05) is 5.32 Å². The van der Waals surface area contributed by atoms with E-state index in [1.54, 1.807) is 18.2 Å². The van der Waals surface area contributed by atoms with Crippen molar-refractivity contribution in [3.05, 3.63) is 124 Å². The Morgan fingerprint density at radius 1 is 0.806 bits per heavy atom. The van der Waals surface area contributed by atoms with E-state index < -0.39 is 4.92 Å². The number of aryl methyl sites for hydroxylation is 2. The summed E-state index contributed by atoms with van der Waals surface area (Å²) in [5, 5.41) is 14.9. The molecule has 0 saturated carbocycles. The zero-order chi connectivity index (χ0) is 25.2. The van der Waals surface area contributed by atoms with Crippen molar-refractivity contribution in [2.45, 2.75) is 13.8 Å². The molecule has 5 aromatic rings. The molecule has 4 aromatic carbocycles. The standard InChI is InChI=1S/C30H23N3O3/c1-19-8-12-24(16-20(19)2)31-30(34)23-11-15-28-27(17-23)26(21-6-4-3-5-7-21)18-29(32-28)22-9-13-25(14-10-22)33(35)36/h3-18H,1-2H3,(H,31,34). The largest absolute Gasteiger partial charge is 0.322 e. The third-order valence-electron chi connectivity index (χ3n) is 6.29. The molecule has 0 atom stereocenters. The number of pyridine rings is 1. The lowest BCUT2D eigenvalue weighted by molar-refractivity contribution is -0.384. The molecule has 1 N–H and O–H groups in total. The Hall–Kier alpha value is -4.84. The van der Waals surface area contributed by atoms with Crippen LogP contribution in [0.2, 0.25) is 0 Å². The van der Waals surface area contributed by atoms with Crippen LogP contribution in [-0.2, 0) is 0 Å². The molecule has 0 fully saturated rings. The predicted molar refractivity (Wildman–Crippen MR) is 143 cm³/mol. The van der Waals surface area contributed by atoms with Gasteiger partial charge in [-0.25, -0.2) is 4.98 Å². The maximum atomic E-state index is 13.1. The summed E-state index contributed by atoms with van der Waals surface area (Å²) in [5.41, 5.74) is 7.70. The Labute approximate surface area is 208 Å². The van der Waals surface area contributed by atoms with E-state index in [2.05, 4.69) is 5.32 Å². The Bertz CT molecular complexity index is 1610. The fourth-order valence-electron chi connectivity index (χ4n) is 4.15. The number of hydrogen-bond acceptors (Lipinski definition) is 4. The maximum absolute atomic E-state index is 13.1. The number of hydrogen-bond donors (Lipinski definition) is 1. The van der Waals surface area contributed by atoms with Crippen LogP contribution < -0.4 is 5.32 Å². The average molecular weight is 474 g/mol. The van der Waals surface area contributed by atoms with E-state index in [0.29, 0.717) is 11.3 Å². The first kappa shape index (κ1) is 22.9. The van der Waals surface area contributed by atoms with Gasteiger partial charge >= 0.3 is 0 Å². The van der Waals surface area contributed by atoms with Crippen LogP contribution in [0.5, 0.6) is 0 Å². The fraction of sp³-hybridized carbons (Fsp3) is 0.0667. The summed E-state index contributed by atoms with van der Waals surface area (Å²) in [5.74, 6) is -0.196. The second kappa shape index (κ2) is 9.43. The Morgan fingerprint density at radius 3 is 2.25 bits per heavy atom. The smallest absolute Gasteiger partial charge is 0.269 e. The average Bonchev–Trinajstić information content (AvgIpc) is 2.90. The van der Waals surface area contributed by atoms with Crippen LogP contribution in [0, 0.1) is 24.0 Å². The molecule has 0 aliphatic heterocycles. The summed E-state index contributed by atoms with van der Waals surface area (Å²) in [7, 11) is 0. The van der Waals surface area contributed by atoms with Crippen molar-refractivity contribution < 1.29 is 9.72 Å². The van der Waals surface area contributed by atoms with Gasteiger partial charge < -0.3 is 5.32 Å². The summed E-state index contributed by atoms with van der Waals surface area (Å²) in [6.45, 7) is 4.05. The van der Waals surface area contributed by atoms with Crippen LogP contribution in [0.15, 0.2) is 97.1 Å². The van der Waals surface area contributed by atoms with Crippen LogP contribution in [0.1, 0.15) is 21.5 Å². The molecule has 6 nitrogen and oxygen atoms in total. The summed E-state index contributed by atoms with van der Waals surface area (Å²) >= 11 is 0. The van der Waals surface area contributed by atoms with E-state index in [1.165, 1.54) is 17.7 Å². The lowest BCUT2D eigenvalue weighted by atomic mass is 9.97. The fourth-order valence-corrected chi connectivity index (χ4v) is 4.15. The number of carbonyl (C=O) groups is 1. The number of amides is 1. The van der Waals surface area contributed by atoms with E-state index in [-0.39, 0.29) is 11.6 Å². The molecular formula is C30H23N3O3. The molecule has 0 unspecified atom stereocenters. The minimum Gasteiger partial charge on any atom is -0.322 e. The van der Waals surface area contributed by atoms with Crippen LogP contribution in [0.25, 0.3) is 33.3 Å². The number of nitro groups is 1. The van der Waals surface area contributed by atoms with Crippen molar-refractivity contribution in [2.24, 2.45) is 0 Å². The van der Waals surface area contributed by atoms with Crippen molar-refractivity contribution in [1.82, 2.24) is 4.98 Å². The van der Waals surface area contributed by atoms with Gasteiger partial charge in [-0.2, -0.15) is 0 Å². The Kier molecular flexibility index (Phi) is 6.00. The van der Waals surface area contributed by atoms with Gasteiger partial charge in [0, 0.05) is 34.3 Å². The first-order chi connectivity index (χ1) is 17.4. The molecule has 0 spiro atoms. The van der Waals surface area contributed by atoms with Gasteiger partial charge in [-0.05, 0) is 84.6 Å². The maximum Gasteiger partial charge on any atom is 0.269 e. The van der Waals surface area contributed by atoms with E-state index >= 15 is 0 Å². The molecule has 1 amide bonds. The van der Waals surface area contributed by atoms with Gasteiger partial charge in [-0.1, -0.05) is 36.4 Å². The molecule has 5 rings (SSSR count). The zero-order valence-corrected chi connectivity index (χ0v) is 19.9. The van der Waals surface area contributed by atoms with E-state index in [4.69, 9.17) is 4.98 Å². The van der Waals surface area contributed by atoms with Crippen LogP contribution in [0.4, 0.5) is 11.4 Å². The number of aromatic nitrogens is 1. The summed E-state index contributed by atoms with van der Waals surface area (Å²) in [6, 6.07) is 29.5. The van der Waals surface area contributed by atoms with Crippen LogP contribution >= 0.6 is 0 Å². The lowest BCUT2D eigenvalue weighted by Gasteiger charge is -2.13. The molecule has 0 radical (unpaired) electrons. The van der Waals surface area contributed by atoms with Gasteiger partial charge in [-0.3, -0.25) is 14.9 Å². The zero-order valence-electron chi connectivity index (χ0n) is 19.9. The molecule has 1 heterocycles. The predicted octanol–water partition coefficient (Wildman–Crippen LogP) is 7.35. The van der Waals surface area contributed by atoms with Crippen molar-refractivity contribution in [3.8, 4) is 22.4 Å². The van der Waals surface area contributed by atoms with Gasteiger partial charge in [0.1, 0.15) is 0 Å². The third kappa shape index (κ3) is 4.57. The molecule has 1 aromatic heterocycles. The topological polar surface area (TPSA) is 85.1 Å². The summed E-state index contributed by atoms with van der Waals surface area (Å²) in [6.07, 6.45) is 0. The number of carbonyl (C=O) groups excluding carboxylic acids is 1. The molecule has 0 saturated heterocycles. The molecule has 176 valence electrons. The van der Waals surface area contributed by atoms with Crippen LogP contribution in [-0.4, -0.2) is 15.8 Å². The number of benzene rings is 4. The molecule has 0 bridgehead atoms. The van der Waals surface area contributed by atoms with E-state index in [9.17, 15) is 14.9 Å². The minimum atomic E-state index is -0.419. The van der Waals surface area contributed by atoms with Gasteiger partial charge in [-0.15, -0.1) is 0 Å². The van der Waals surface area contributed by atoms with Gasteiger partial charge in [0.25, 0.3) is 11.6 Å². The highest BCUT2D eigenvalue weighted by atomic mass is 16.6. The minimum absolute atomic E-state index is 0.0299. The number of fused-ring (bicyclic) bond motifs is 1. The van der Waals surface area contributed by atoms with E-state index in [0.717, 1.165) is 38.8 Å². The first-order valence-corrected chi connectivity index (χ1v) is 11.5. The molecule has 0 aliphatic rings. The van der Waals surface area contributed by atoms with Gasteiger partial charge in [0.15, 0.2) is 0 Å². The quantitative estimate of drug-likeness (QED) is 0.214. The third-order valence-corrected chi connectivity index (χ3v) is 6.29. The first-order valence-electron chi connectivity index (χ1n) is 11.5. The van der Waals surface area contributed by atoms with Gasteiger partial charge in [0.2, 0.25) is 0 Å². The van der Waals surface area contributed by atoms with Crippen LogP contribution in [0.3, 0.4) is 0 Å². The second-order valence-corrected chi connectivity index (χ2v) is 8.71. The monoisotopic (exact) mass is 473 g/mol. The lowest BCUT2D eigenvalue weighted by Crippen LogP contribution is -2.12. The SMILES string of the molecule is Cc1ccc(NC(=O)c2ccc3nc(-c4ccc([N+](=O)[O-])cc4)cc(-c4ccccc4)c3c2)cc1C. The normalized spacial score (nSPS) is 10.8. The van der Waals surface area contributed by atoms with Crippen molar-refractivity contribution >= 4 is 28.2 Å². The summed E-state index contributed by atoms with van der Waals surface area (Å²) in [4.78, 5) is 28.5. The highest BCUT2D eigenvalue weighted by Crippen LogP contribution is 2.33. The van der Waals surface area contributed by atoms with Crippen molar-refractivity contribution in [3.63, 3.8) is 0 Å². The molecule has 0 aliphatic carbocycles. The molecular weight excluding hydrogens is 450 g/mol. The second-order valence-electron chi connectivity index (χ2n) is 8.71. The number of rotatable bonds is 5. The number of anilines is 1. The highest BCUT2D eigenvalue weighted by Gasteiger charge is 2.14. The number of nitro benzene ring substituents is 1. The number of non-ortho nitro benzene ring substituents is 1. The molecule has 6 heteroatoms. The highest BCUT2D eigenvalue weighted by molar-refractivity contribution is 6.08. The van der Waals surface area contributed by atoms with Crippen molar-refractivity contribution in [1.29, 1.82) is 0 Å². The summed E-state index contributed by atoms with van der Waals surface area (Å²) < 4.78 is 0.